The number of anilines is 2. The summed E-state index contributed by atoms with van der Waals surface area (Å²) in [6, 6.07) is 5.10. The molecule has 1 aliphatic rings. The van der Waals surface area contributed by atoms with E-state index in [9.17, 15) is 9.59 Å². The van der Waals surface area contributed by atoms with Gasteiger partial charge in [-0.05, 0) is 46.1 Å². The Bertz CT molecular complexity index is 866. The molecule has 9 nitrogen and oxygen atoms in total. The first kappa shape index (κ1) is 18.9. The molecule has 146 valence electrons. The highest BCUT2D eigenvalue weighted by molar-refractivity contribution is 5.68. The van der Waals surface area contributed by atoms with Gasteiger partial charge >= 0.3 is 6.09 Å². The average molecular weight is 374 g/mol. The van der Waals surface area contributed by atoms with E-state index in [2.05, 4.69) is 25.9 Å². The Morgan fingerprint density at radius 3 is 2.78 bits per heavy atom. The summed E-state index contributed by atoms with van der Waals surface area (Å²) in [7, 11) is 1.60. The second-order valence-electron chi connectivity index (χ2n) is 7.87. The molecule has 0 spiro atoms. The van der Waals surface area contributed by atoms with Crippen LogP contribution in [0.2, 0.25) is 0 Å². The fraction of sp³-hybridized carbons (Fsp3) is 0.556. The van der Waals surface area contributed by atoms with Gasteiger partial charge in [0.1, 0.15) is 5.60 Å². The number of aromatic nitrogens is 4. The minimum Gasteiger partial charge on any atom is -0.444 e. The molecular weight excluding hydrogens is 348 g/mol. The predicted molar refractivity (Wildman–Crippen MR) is 101 cm³/mol. The van der Waals surface area contributed by atoms with Crippen molar-refractivity contribution >= 4 is 17.7 Å². The molecular formula is C18H26N6O3. The summed E-state index contributed by atoms with van der Waals surface area (Å²) in [5, 5.41) is 17.5. The fourth-order valence-corrected chi connectivity index (χ4v) is 3.18. The molecule has 1 saturated carbocycles. The smallest absolute Gasteiger partial charge is 0.407 e. The molecule has 27 heavy (non-hydrogen) atoms. The van der Waals surface area contributed by atoms with Gasteiger partial charge in [-0.15, -0.1) is 0 Å². The molecule has 2 aromatic rings. The lowest BCUT2D eigenvalue weighted by Crippen LogP contribution is -2.37. The summed E-state index contributed by atoms with van der Waals surface area (Å²) >= 11 is 0. The van der Waals surface area contributed by atoms with Crippen molar-refractivity contribution in [3.63, 3.8) is 0 Å². The van der Waals surface area contributed by atoms with E-state index in [1.807, 2.05) is 26.8 Å². The number of rotatable bonds is 4. The molecule has 0 saturated heterocycles. The third-order valence-electron chi connectivity index (χ3n) is 4.41. The summed E-state index contributed by atoms with van der Waals surface area (Å²) in [6.07, 6.45) is 2.31. The molecule has 1 fully saturated rings. The third kappa shape index (κ3) is 5.08. The summed E-state index contributed by atoms with van der Waals surface area (Å²) in [5.41, 5.74) is 0.342. The molecule has 3 N–H and O–H groups in total. The van der Waals surface area contributed by atoms with Crippen LogP contribution in [-0.4, -0.2) is 37.7 Å². The summed E-state index contributed by atoms with van der Waals surface area (Å²) in [6.45, 7) is 5.55. The quantitative estimate of drug-likeness (QED) is 0.757. The van der Waals surface area contributed by atoms with E-state index in [-0.39, 0.29) is 17.7 Å². The van der Waals surface area contributed by atoms with Crippen molar-refractivity contribution in [3.05, 3.63) is 34.2 Å². The Kier molecular flexibility index (Phi) is 5.20. The Labute approximate surface area is 157 Å². The van der Waals surface area contributed by atoms with Gasteiger partial charge in [0.15, 0.2) is 11.6 Å². The number of aryl methyl sites for hydroxylation is 1. The maximum atomic E-state index is 11.9. The number of carbonyl (C=O) groups excluding carboxylic acids is 1. The summed E-state index contributed by atoms with van der Waals surface area (Å²) in [5.74, 6) is 1.48. The Balaban J connectivity index is 1.56. The first-order chi connectivity index (χ1) is 12.7. The van der Waals surface area contributed by atoms with Crippen molar-refractivity contribution in [2.45, 2.75) is 57.6 Å². The van der Waals surface area contributed by atoms with E-state index in [1.54, 1.807) is 13.1 Å². The van der Waals surface area contributed by atoms with Crippen LogP contribution in [0.15, 0.2) is 23.0 Å². The minimum absolute atomic E-state index is 0.0925. The predicted octanol–water partition coefficient (Wildman–Crippen LogP) is 2.41. The number of amides is 1. The van der Waals surface area contributed by atoms with Crippen molar-refractivity contribution in [1.29, 1.82) is 0 Å². The van der Waals surface area contributed by atoms with Crippen LogP contribution in [0.3, 0.4) is 0 Å². The average Bonchev–Trinajstić information content (AvgIpc) is 3.18. The third-order valence-corrected chi connectivity index (χ3v) is 4.41. The fourth-order valence-electron chi connectivity index (χ4n) is 3.18. The highest BCUT2D eigenvalue weighted by Gasteiger charge is 2.29. The largest absolute Gasteiger partial charge is 0.444 e. The Hall–Kier alpha value is -2.84. The Morgan fingerprint density at radius 1 is 1.30 bits per heavy atom. The highest BCUT2D eigenvalue weighted by atomic mass is 16.6. The number of carbonyl (C=O) groups is 1. The number of nitrogens with one attached hydrogen (secondary N) is 3. The molecule has 3 rings (SSSR count). The van der Waals surface area contributed by atoms with Gasteiger partial charge in [0, 0.05) is 36.8 Å². The van der Waals surface area contributed by atoms with E-state index in [4.69, 9.17) is 4.74 Å². The van der Waals surface area contributed by atoms with Crippen molar-refractivity contribution in [1.82, 2.24) is 25.3 Å². The Morgan fingerprint density at radius 2 is 2.07 bits per heavy atom. The zero-order valence-corrected chi connectivity index (χ0v) is 16.1. The van der Waals surface area contributed by atoms with Crippen LogP contribution < -0.4 is 16.2 Å². The van der Waals surface area contributed by atoms with E-state index < -0.39 is 5.60 Å². The van der Waals surface area contributed by atoms with Crippen LogP contribution in [0.1, 0.15) is 51.6 Å². The molecule has 0 radical (unpaired) electrons. The van der Waals surface area contributed by atoms with Crippen LogP contribution in [-0.2, 0) is 11.8 Å². The number of ether oxygens (including phenoxy) is 1. The van der Waals surface area contributed by atoms with Gasteiger partial charge in [0.25, 0.3) is 5.56 Å². The van der Waals surface area contributed by atoms with Crippen LogP contribution in [0, 0.1) is 0 Å². The van der Waals surface area contributed by atoms with Crippen molar-refractivity contribution < 1.29 is 9.53 Å². The first-order valence-electron chi connectivity index (χ1n) is 9.06. The molecule has 0 unspecified atom stereocenters. The SMILES string of the molecule is Cn1nc(Nc2cc([C@H]3CC[C@@H](NC(=O)OC(C)(C)C)C3)[nH]n2)ccc1=O. The van der Waals surface area contributed by atoms with Gasteiger partial charge < -0.3 is 15.4 Å². The van der Waals surface area contributed by atoms with Gasteiger partial charge in [-0.3, -0.25) is 9.89 Å². The molecule has 9 heteroatoms. The highest BCUT2D eigenvalue weighted by Crippen LogP contribution is 2.34. The van der Waals surface area contributed by atoms with Gasteiger partial charge in [0.2, 0.25) is 0 Å². The summed E-state index contributed by atoms with van der Waals surface area (Å²) < 4.78 is 6.58. The number of aromatic amines is 1. The van der Waals surface area contributed by atoms with E-state index >= 15 is 0 Å². The lowest BCUT2D eigenvalue weighted by atomic mass is 10.0. The van der Waals surface area contributed by atoms with E-state index in [0.717, 1.165) is 25.0 Å². The molecule has 1 amide bonds. The molecule has 1 aliphatic carbocycles. The molecule has 2 aromatic heterocycles. The molecule has 0 aromatic carbocycles. The number of hydrogen-bond acceptors (Lipinski definition) is 6. The van der Waals surface area contributed by atoms with Crippen LogP contribution in [0.25, 0.3) is 0 Å². The van der Waals surface area contributed by atoms with Crippen LogP contribution in [0.4, 0.5) is 16.4 Å². The molecule has 2 atom stereocenters. The summed E-state index contributed by atoms with van der Waals surface area (Å²) in [4.78, 5) is 23.3. The van der Waals surface area contributed by atoms with Crippen molar-refractivity contribution in [3.8, 4) is 0 Å². The lowest BCUT2D eigenvalue weighted by Gasteiger charge is -2.21. The molecule has 0 bridgehead atoms. The lowest BCUT2D eigenvalue weighted by molar-refractivity contribution is 0.0505. The minimum atomic E-state index is -0.499. The maximum Gasteiger partial charge on any atom is 0.407 e. The number of alkyl carbamates (subject to hydrolysis) is 1. The van der Waals surface area contributed by atoms with E-state index in [0.29, 0.717) is 17.6 Å². The first-order valence-corrected chi connectivity index (χ1v) is 9.06. The van der Waals surface area contributed by atoms with E-state index in [1.165, 1.54) is 10.7 Å². The molecule has 0 aliphatic heterocycles. The number of hydrogen-bond donors (Lipinski definition) is 3. The van der Waals surface area contributed by atoms with Crippen LogP contribution in [0.5, 0.6) is 0 Å². The van der Waals surface area contributed by atoms with Gasteiger partial charge in [0.05, 0.1) is 0 Å². The maximum absolute atomic E-state index is 11.9. The standard InChI is InChI=1S/C18H26N6O3/c1-18(2,3)27-17(26)19-12-6-5-11(9-12)13-10-15(22-21-13)20-14-7-8-16(25)24(4)23-14/h7-8,10-12H,5-6,9H2,1-4H3,(H,19,26)(H2,20,21,22,23)/t11-,12+/m0/s1. The monoisotopic (exact) mass is 374 g/mol. The topological polar surface area (TPSA) is 114 Å². The zero-order chi connectivity index (χ0) is 19.6. The second kappa shape index (κ2) is 7.42. The zero-order valence-electron chi connectivity index (χ0n) is 16.1. The molecule has 2 heterocycles. The second-order valence-corrected chi connectivity index (χ2v) is 7.87. The normalized spacial score (nSPS) is 19.7. The van der Waals surface area contributed by atoms with Crippen LogP contribution >= 0.6 is 0 Å². The van der Waals surface area contributed by atoms with Gasteiger partial charge in [-0.1, -0.05) is 0 Å². The van der Waals surface area contributed by atoms with Crippen molar-refractivity contribution in [2.75, 3.05) is 5.32 Å². The van der Waals surface area contributed by atoms with Crippen molar-refractivity contribution in [2.24, 2.45) is 7.05 Å². The number of nitrogens with zero attached hydrogens (tertiary/aromatic N) is 3. The number of H-pyrrole nitrogens is 1. The van der Waals surface area contributed by atoms with Gasteiger partial charge in [-0.2, -0.15) is 10.2 Å². The van der Waals surface area contributed by atoms with Gasteiger partial charge in [-0.25, -0.2) is 9.48 Å².